The summed E-state index contributed by atoms with van der Waals surface area (Å²) in [4.78, 5) is 10.9. The van der Waals surface area contributed by atoms with Crippen LogP contribution in [0, 0.1) is 17.8 Å². The van der Waals surface area contributed by atoms with Crippen LogP contribution in [0.15, 0.2) is 0 Å². The van der Waals surface area contributed by atoms with Gasteiger partial charge in [-0.25, -0.2) is 0 Å². The zero-order chi connectivity index (χ0) is 13.5. The van der Waals surface area contributed by atoms with E-state index in [-0.39, 0.29) is 5.92 Å². The molecule has 1 atom stereocenters. The van der Waals surface area contributed by atoms with Gasteiger partial charge in [-0.1, -0.05) is 13.8 Å². The van der Waals surface area contributed by atoms with E-state index < -0.39 is 5.97 Å². The molecule has 106 valence electrons. The molecular formula is C15H29NO2. The van der Waals surface area contributed by atoms with Crippen molar-refractivity contribution in [3.63, 3.8) is 0 Å². The summed E-state index contributed by atoms with van der Waals surface area (Å²) in [6.45, 7) is 7.84. The maximum atomic E-state index is 10.9. The lowest BCUT2D eigenvalue weighted by Crippen LogP contribution is -2.33. The van der Waals surface area contributed by atoms with E-state index in [0.29, 0.717) is 12.0 Å². The number of nitrogens with one attached hydrogen (secondary N) is 1. The fourth-order valence-electron chi connectivity index (χ4n) is 2.67. The summed E-state index contributed by atoms with van der Waals surface area (Å²) in [5, 5.41) is 12.6. The molecule has 0 saturated heterocycles. The Bertz CT molecular complexity index is 245. The van der Waals surface area contributed by atoms with Crippen LogP contribution in [-0.2, 0) is 4.79 Å². The monoisotopic (exact) mass is 255 g/mol. The lowest BCUT2D eigenvalue weighted by molar-refractivity contribution is -0.143. The second kappa shape index (κ2) is 7.78. The SMILES string of the molecule is CC(C)CCC(C)NCC1CCC(C(=O)O)CC1. The molecule has 0 aliphatic heterocycles. The molecule has 2 N–H and O–H groups in total. The summed E-state index contributed by atoms with van der Waals surface area (Å²) < 4.78 is 0. The Labute approximate surface area is 111 Å². The molecule has 0 bridgehead atoms. The van der Waals surface area contributed by atoms with Crippen molar-refractivity contribution in [2.45, 2.75) is 65.3 Å². The van der Waals surface area contributed by atoms with Crippen LogP contribution in [0.5, 0.6) is 0 Å². The van der Waals surface area contributed by atoms with Gasteiger partial charge in [0.05, 0.1) is 5.92 Å². The molecule has 1 aliphatic carbocycles. The first kappa shape index (κ1) is 15.5. The Morgan fingerprint density at radius 2 is 1.78 bits per heavy atom. The number of aliphatic carboxylic acids is 1. The smallest absolute Gasteiger partial charge is 0.306 e. The van der Waals surface area contributed by atoms with Gasteiger partial charge in [0.2, 0.25) is 0 Å². The molecule has 1 fully saturated rings. The fourth-order valence-corrected chi connectivity index (χ4v) is 2.67. The molecule has 0 radical (unpaired) electrons. The van der Waals surface area contributed by atoms with Gasteiger partial charge in [-0.15, -0.1) is 0 Å². The van der Waals surface area contributed by atoms with Gasteiger partial charge < -0.3 is 10.4 Å². The molecule has 0 aromatic carbocycles. The molecule has 1 aliphatic rings. The summed E-state index contributed by atoms with van der Waals surface area (Å²) in [6.07, 6.45) is 6.38. The Morgan fingerprint density at radius 3 is 2.28 bits per heavy atom. The molecule has 3 heteroatoms. The summed E-state index contributed by atoms with van der Waals surface area (Å²) in [5.41, 5.74) is 0. The third-order valence-corrected chi connectivity index (χ3v) is 4.13. The molecule has 1 rings (SSSR count). The summed E-state index contributed by atoms with van der Waals surface area (Å²) in [5.74, 6) is 0.772. The first-order chi connectivity index (χ1) is 8.49. The Morgan fingerprint density at radius 1 is 1.17 bits per heavy atom. The molecule has 0 spiro atoms. The van der Waals surface area contributed by atoms with Crippen LogP contribution in [-0.4, -0.2) is 23.7 Å². The van der Waals surface area contributed by atoms with Crippen LogP contribution < -0.4 is 5.32 Å². The van der Waals surface area contributed by atoms with Gasteiger partial charge in [0.1, 0.15) is 0 Å². The minimum Gasteiger partial charge on any atom is -0.481 e. The topological polar surface area (TPSA) is 49.3 Å². The first-order valence-electron chi connectivity index (χ1n) is 7.45. The highest BCUT2D eigenvalue weighted by Gasteiger charge is 2.25. The Kier molecular flexibility index (Phi) is 6.69. The Hall–Kier alpha value is -0.570. The largest absolute Gasteiger partial charge is 0.481 e. The molecule has 0 aromatic rings. The van der Waals surface area contributed by atoms with E-state index in [1.165, 1.54) is 12.8 Å². The van der Waals surface area contributed by atoms with E-state index in [2.05, 4.69) is 26.1 Å². The molecular weight excluding hydrogens is 226 g/mol. The number of carboxylic acid groups (broad SMARTS) is 1. The van der Waals surface area contributed by atoms with Crippen LogP contribution in [0.3, 0.4) is 0 Å². The lowest BCUT2D eigenvalue weighted by atomic mass is 9.82. The molecule has 1 saturated carbocycles. The van der Waals surface area contributed by atoms with Crippen LogP contribution in [0.2, 0.25) is 0 Å². The zero-order valence-corrected chi connectivity index (χ0v) is 12.1. The van der Waals surface area contributed by atoms with Gasteiger partial charge in [0.25, 0.3) is 0 Å². The number of carbonyl (C=O) groups is 1. The summed E-state index contributed by atoms with van der Waals surface area (Å²) in [7, 11) is 0. The molecule has 3 nitrogen and oxygen atoms in total. The highest BCUT2D eigenvalue weighted by Crippen LogP contribution is 2.28. The van der Waals surface area contributed by atoms with Gasteiger partial charge in [0.15, 0.2) is 0 Å². The number of hydrogen-bond donors (Lipinski definition) is 2. The summed E-state index contributed by atoms with van der Waals surface area (Å²) in [6, 6.07) is 0.588. The first-order valence-corrected chi connectivity index (χ1v) is 7.45. The number of hydrogen-bond acceptors (Lipinski definition) is 2. The van der Waals surface area contributed by atoms with Gasteiger partial charge in [-0.3, -0.25) is 4.79 Å². The Balaban J connectivity index is 2.12. The van der Waals surface area contributed by atoms with E-state index in [0.717, 1.165) is 38.1 Å². The van der Waals surface area contributed by atoms with Gasteiger partial charge in [-0.2, -0.15) is 0 Å². The third-order valence-electron chi connectivity index (χ3n) is 4.13. The fraction of sp³-hybridized carbons (Fsp3) is 0.933. The highest BCUT2D eigenvalue weighted by atomic mass is 16.4. The van der Waals surface area contributed by atoms with Crippen molar-refractivity contribution < 1.29 is 9.90 Å². The average Bonchev–Trinajstić information content (AvgIpc) is 2.34. The van der Waals surface area contributed by atoms with E-state index >= 15 is 0 Å². The molecule has 0 aromatic heterocycles. The minimum atomic E-state index is -0.605. The normalized spacial score (nSPS) is 26.2. The van der Waals surface area contributed by atoms with E-state index in [1.54, 1.807) is 0 Å². The molecule has 18 heavy (non-hydrogen) atoms. The number of carboxylic acids is 1. The van der Waals surface area contributed by atoms with E-state index in [9.17, 15) is 4.79 Å². The lowest BCUT2D eigenvalue weighted by Gasteiger charge is -2.27. The van der Waals surface area contributed by atoms with E-state index in [4.69, 9.17) is 5.11 Å². The average molecular weight is 255 g/mol. The van der Waals surface area contributed by atoms with Crippen LogP contribution in [0.25, 0.3) is 0 Å². The second-order valence-corrected chi connectivity index (χ2v) is 6.34. The molecule has 0 amide bonds. The van der Waals surface area contributed by atoms with Crippen molar-refractivity contribution in [2.75, 3.05) is 6.54 Å². The van der Waals surface area contributed by atoms with Crippen LogP contribution in [0.4, 0.5) is 0 Å². The van der Waals surface area contributed by atoms with Crippen molar-refractivity contribution in [3.05, 3.63) is 0 Å². The number of rotatable bonds is 7. The standard InChI is InChI=1S/C15H29NO2/c1-11(2)4-5-12(3)16-10-13-6-8-14(9-7-13)15(17)18/h11-14,16H,4-10H2,1-3H3,(H,17,18). The quantitative estimate of drug-likeness (QED) is 0.734. The van der Waals surface area contributed by atoms with Crippen molar-refractivity contribution >= 4 is 5.97 Å². The second-order valence-electron chi connectivity index (χ2n) is 6.34. The van der Waals surface area contributed by atoms with Gasteiger partial charge in [0, 0.05) is 6.04 Å². The highest BCUT2D eigenvalue weighted by molar-refractivity contribution is 5.69. The predicted octanol–water partition coefficient (Wildman–Crippen LogP) is 3.29. The van der Waals surface area contributed by atoms with E-state index in [1.807, 2.05) is 0 Å². The maximum Gasteiger partial charge on any atom is 0.306 e. The van der Waals surface area contributed by atoms with Crippen LogP contribution in [0.1, 0.15) is 59.3 Å². The molecule has 1 unspecified atom stereocenters. The van der Waals surface area contributed by atoms with Crippen molar-refractivity contribution in [2.24, 2.45) is 17.8 Å². The summed E-state index contributed by atoms with van der Waals surface area (Å²) >= 11 is 0. The van der Waals surface area contributed by atoms with Gasteiger partial charge in [-0.05, 0) is 63.8 Å². The van der Waals surface area contributed by atoms with Crippen molar-refractivity contribution in [1.29, 1.82) is 0 Å². The minimum absolute atomic E-state index is 0.0837. The van der Waals surface area contributed by atoms with Crippen LogP contribution >= 0.6 is 0 Å². The van der Waals surface area contributed by atoms with Crippen molar-refractivity contribution in [3.8, 4) is 0 Å². The van der Waals surface area contributed by atoms with Gasteiger partial charge >= 0.3 is 5.97 Å². The van der Waals surface area contributed by atoms with Crippen molar-refractivity contribution in [1.82, 2.24) is 5.32 Å². The maximum absolute atomic E-state index is 10.9. The third kappa shape index (κ3) is 5.85. The molecule has 0 heterocycles. The predicted molar refractivity (Wildman–Crippen MR) is 74.6 cm³/mol. The zero-order valence-electron chi connectivity index (χ0n) is 12.1.